The number of hydrogen-bond donors (Lipinski definition) is 2. The van der Waals surface area contributed by atoms with Crippen LogP contribution in [-0.4, -0.2) is 52.7 Å². The lowest BCUT2D eigenvalue weighted by atomic mass is 9.74. The summed E-state index contributed by atoms with van der Waals surface area (Å²) in [7, 11) is 1.69. The number of carbonyl (C=O) groups is 2. The molecule has 1 aliphatic rings. The van der Waals surface area contributed by atoms with E-state index in [-0.39, 0.29) is 29.0 Å². The van der Waals surface area contributed by atoms with Crippen molar-refractivity contribution in [3.05, 3.63) is 53.9 Å². The molecule has 0 unspecified atom stereocenters. The van der Waals surface area contributed by atoms with E-state index in [2.05, 4.69) is 22.6 Å². The Labute approximate surface area is 164 Å². The van der Waals surface area contributed by atoms with Gasteiger partial charge in [-0.15, -0.1) is 0 Å². The molecule has 1 aromatic carbocycles. The van der Waals surface area contributed by atoms with Gasteiger partial charge < -0.3 is 19.8 Å². The number of aliphatic hydroxyl groups excluding tert-OH is 1. The van der Waals surface area contributed by atoms with Gasteiger partial charge in [0.2, 0.25) is 5.91 Å². The Hall–Kier alpha value is -2.67. The fourth-order valence-corrected chi connectivity index (χ4v) is 4.12. The van der Waals surface area contributed by atoms with E-state index in [0.717, 1.165) is 18.4 Å². The van der Waals surface area contributed by atoms with Crippen LogP contribution in [0.25, 0.3) is 0 Å². The lowest BCUT2D eigenvalue weighted by molar-refractivity contribution is -0.119. The molecule has 2 amide bonds. The maximum Gasteiger partial charge on any atom is 0.276 e. The van der Waals surface area contributed by atoms with E-state index in [1.54, 1.807) is 11.9 Å². The van der Waals surface area contributed by atoms with Crippen molar-refractivity contribution in [3.8, 4) is 0 Å². The highest BCUT2D eigenvalue weighted by Crippen LogP contribution is 2.39. The molecule has 0 aliphatic heterocycles. The minimum atomic E-state index is -0.649. The predicted octanol–water partition coefficient (Wildman–Crippen LogP) is 2.12. The van der Waals surface area contributed by atoms with Crippen LogP contribution in [0.3, 0.4) is 0 Å². The second-order valence-electron chi connectivity index (χ2n) is 7.57. The van der Waals surface area contributed by atoms with Gasteiger partial charge in [0, 0.05) is 32.0 Å². The smallest absolute Gasteiger partial charge is 0.276 e. The maximum absolute atomic E-state index is 12.6. The van der Waals surface area contributed by atoms with E-state index in [9.17, 15) is 14.7 Å². The molecule has 1 aromatic heterocycles. The molecule has 1 fully saturated rings. The van der Waals surface area contributed by atoms with Gasteiger partial charge in [-0.1, -0.05) is 35.5 Å². The molecule has 3 rings (SSSR count). The van der Waals surface area contributed by atoms with Crippen LogP contribution in [0.5, 0.6) is 0 Å². The highest BCUT2D eigenvalue weighted by Gasteiger charge is 2.40. The number of aliphatic hydroxyl groups is 1. The normalized spacial score (nSPS) is 25.0. The van der Waals surface area contributed by atoms with Crippen LogP contribution in [0.2, 0.25) is 0 Å². The minimum Gasteiger partial charge on any atom is -0.391 e. The van der Waals surface area contributed by atoms with Crippen LogP contribution < -0.4 is 5.32 Å². The second kappa shape index (κ2) is 8.56. The molecule has 2 N–H and O–H groups in total. The summed E-state index contributed by atoms with van der Waals surface area (Å²) in [6.45, 7) is 2.02. The number of rotatable bonds is 5. The molecule has 28 heavy (non-hydrogen) atoms. The Balaban J connectivity index is 1.83. The molecule has 1 aliphatic carbocycles. The molecule has 0 bridgehead atoms. The summed E-state index contributed by atoms with van der Waals surface area (Å²) in [4.78, 5) is 25.8. The molecule has 150 valence electrons. The van der Waals surface area contributed by atoms with Gasteiger partial charge >= 0.3 is 0 Å². The topological polar surface area (TPSA) is 95.7 Å². The van der Waals surface area contributed by atoms with E-state index in [1.807, 2.05) is 18.2 Å². The SMILES string of the molecule is CC(=O)NC[C@]1(c2ccccc2)CC[C@@H](O)[C@H](N(C)C(=O)c2ccon2)CC1. The van der Waals surface area contributed by atoms with Crippen LogP contribution in [0.15, 0.2) is 47.2 Å². The van der Waals surface area contributed by atoms with E-state index in [1.165, 1.54) is 19.3 Å². The van der Waals surface area contributed by atoms with Crippen molar-refractivity contribution < 1.29 is 19.2 Å². The van der Waals surface area contributed by atoms with Crippen LogP contribution in [0.4, 0.5) is 0 Å². The Morgan fingerprint density at radius 1 is 1.25 bits per heavy atom. The largest absolute Gasteiger partial charge is 0.391 e. The van der Waals surface area contributed by atoms with E-state index in [4.69, 9.17) is 4.52 Å². The average Bonchev–Trinajstić information content (AvgIpc) is 3.18. The molecule has 3 atom stereocenters. The summed E-state index contributed by atoms with van der Waals surface area (Å²) in [5, 5.41) is 17.5. The van der Waals surface area contributed by atoms with Crippen molar-refractivity contribution in [1.82, 2.24) is 15.4 Å². The molecule has 1 saturated carbocycles. The first-order valence-corrected chi connectivity index (χ1v) is 9.58. The highest BCUT2D eigenvalue weighted by molar-refractivity contribution is 5.92. The second-order valence-corrected chi connectivity index (χ2v) is 7.57. The molecule has 7 heteroatoms. The predicted molar refractivity (Wildman–Crippen MR) is 104 cm³/mol. The first kappa shape index (κ1) is 20.1. The van der Waals surface area contributed by atoms with E-state index < -0.39 is 6.10 Å². The van der Waals surface area contributed by atoms with Crippen LogP contribution in [-0.2, 0) is 10.2 Å². The zero-order chi connectivity index (χ0) is 20.1. The average molecular weight is 385 g/mol. The molecule has 1 heterocycles. The number of aromatic nitrogens is 1. The summed E-state index contributed by atoms with van der Waals surface area (Å²) in [5.41, 5.74) is 1.09. The van der Waals surface area contributed by atoms with Crippen molar-refractivity contribution in [2.45, 2.75) is 50.2 Å². The third kappa shape index (κ3) is 4.25. The quantitative estimate of drug-likeness (QED) is 0.769. The lowest BCUT2D eigenvalue weighted by Gasteiger charge is -2.34. The Bertz CT molecular complexity index is 793. The number of nitrogens with one attached hydrogen (secondary N) is 1. The van der Waals surface area contributed by atoms with Crippen molar-refractivity contribution in [2.75, 3.05) is 13.6 Å². The van der Waals surface area contributed by atoms with Gasteiger partial charge in [0.05, 0.1) is 12.1 Å². The molecular formula is C21H27N3O4. The van der Waals surface area contributed by atoms with Gasteiger partial charge in [0.15, 0.2) is 5.69 Å². The summed E-state index contributed by atoms with van der Waals surface area (Å²) in [6, 6.07) is 11.3. The molecule has 2 aromatic rings. The van der Waals surface area contributed by atoms with Crippen molar-refractivity contribution in [1.29, 1.82) is 0 Å². The first-order valence-electron chi connectivity index (χ1n) is 9.58. The summed E-state index contributed by atoms with van der Waals surface area (Å²) >= 11 is 0. The Morgan fingerprint density at radius 3 is 2.61 bits per heavy atom. The highest BCUT2D eigenvalue weighted by atomic mass is 16.5. The maximum atomic E-state index is 12.6. The van der Waals surface area contributed by atoms with Gasteiger partial charge in [-0.3, -0.25) is 9.59 Å². The minimum absolute atomic E-state index is 0.0741. The van der Waals surface area contributed by atoms with E-state index >= 15 is 0 Å². The van der Waals surface area contributed by atoms with Crippen LogP contribution >= 0.6 is 0 Å². The van der Waals surface area contributed by atoms with Gasteiger partial charge in [0.25, 0.3) is 5.91 Å². The van der Waals surface area contributed by atoms with Crippen molar-refractivity contribution >= 4 is 11.8 Å². The van der Waals surface area contributed by atoms with Gasteiger partial charge in [-0.2, -0.15) is 0 Å². The molecule has 0 saturated heterocycles. The molecular weight excluding hydrogens is 358 g/mol. The van der Waals surface area contributed by atoms with Gasteiger partial charge in [0.1, 0.15) is 6.26 Å². The Morgan fingerprint density at radius 2 is 1.96 bits per heavy atom. The molecule has 0 radical (unpaired) electrons. The number of likely N-dealkylation sites (N-methyl/N-ethyl adjacent to an activating group) is 1. The first-order chi connectivity index (χ1) is 13.4. The zero-order valence-corrected chi connectivity index (χ0v) is 16.3. The molecule has 0 spiro atoms. The Kier molecular flexibility index (Phi) is 6.14. The number of nitrogens with zero attached hydrogens (tertiary/aromatic N) is 2. The third-order valence-electron chi connectivity index (χ3n) is 5.82. The van der Waals surface area contributed by atoms with Crippen molar-refractivity contribution in [2.24, 2.45) is 0 Å². The van der Waals surface area contributed by atoms with Crippen LogP contribution in [0, 0.1) is 0 Å². The van der Waals surface area contributed by atoms with Gasteiger partial charge in [-0.05, 0) is 31.2 Å². The summed E-state index contributed by atoms with van der Waals surface area (Å²) in [5.74, 6) is -0.346. The summed E-state index contributed by atoms with van der Waals surface area (Å²) in [6.07, 6.45) is 3.34. The lowest BCUT2D eigenvalue weighted by Crippen LogP contribution is -2.44. The number of hydrogen-bond acceptors (Lipinski definition) is 5. The monoisotopic (exact) mass is 385 g/mol. The van der Waals surface area contributed by atoms with Gasteiger partial charge in [-0.25, -0.2) is 0 Å². The van der Waals surface area contributed by atoms with Crippen LogP contribution in [0.1, 0.15) is 48.7 Å². The van der Waals surface area contributed by atoms with Crippen molar-refractivity contribution in [3.63, 3.8) is 0 Å². The standard InChI is InChI=1S/C21H27N3O4/c1-15(25)22-14-21(16-6-4-3-5-7-16)11-8-18(19(26)9-12-21)24(2)20(27)17-10-13-28-23-17/h3-7,10,13,18-19,26H,8-9,11-12,14H2,1-2H3,(H,22,25)/t18-,19-,21-/m1/s1. The third-order valence-corrected chi connectivity index (χ3v) is 5.82. The zero-order valence-electron chi connectivity index (χ0n) is 16.3. The number of amides is 2. The number of carbonyl (C=O) groups excluding carboxylic acids is 2. The van der Waals surface area contributed by atoms with E-state index in [0.29, 0.717) is 19.4 Å². The fraction of sp³-hybridized carbons (Fsp3) is 0.476. The molecule has 7 nitrogen and oxygen atoms in total. The fourth-order valence-electron chi connectivity index (χ4n) is 4.12. The summed E-state index contributed by atoms with van der Waals surface area (Å²) < 4.78 is 4.77. The number of benzene rings is 1.